The third-order valence-corrected chi connectivity index (χ3v) is 3.09. The lowest BCUT2D eigenvalue weighted by molar-refractivity contribution is 0.106. The fraction of sp³-hybridized carbons (Fsp3) is 0.294. The molecule has 3 nitrogen and oxygen atoms in total. The molecule has 21 heavy (non-hydrogen) atoms. The maximum atomic E-state index is 12.7. The van der Waals surface area contributed by atoms with E-state index in [1.807, 2.05) is 31.2 Å². The van der Waals surface area contributed by atoms with Crippen LogP contribution in [0.4, 0.5) is 4.39 Å². The molecule has 0 saturated carbocycles. The van der Waals surface area contributed by atoms with Crippen LogP contribution in [0.5, 0.6) is 5.75 Å². The summed E-state index contributed by atoms with van der Waals surface area (Å²) in [7, 11) is 0. The van der Waals surface area contributed by atoms with Gasteiger partial charge in [-0.1, -0.05) is 29.8 Å². The Bertz CT molecular complexity index is 540. The van der Waals surface area contributed by atoms with Gasteiger partial charge < -0.3 is 15.2 Å². The second-order valence-electron chi connectivity index (χ2n) is 5.04. The number of ether oxygens (including phenoxy) is 1. The number of rotatable bonds is 7. The lowest BCUT2D eigenvalue weighted by Gasteiger charge is -2.13. The minimum Gasteiger partial charge on any atom is -0.491 e. The highest BCUT2D eigenvalue weighted by atomic mass is 19.1. The standard InChI is InChI=1S/C17H20FNO2/c1-13-2-8-17(9-3-13)21-12-16(20)11-19-10-14-4-6-15(18)7-5-14/h2-9,16,19-20H,10-12H2,1H3/t16-/m0/s1. The minimum atomic E-state index is -0.591. The Kier molecular flexibility index (Phi) is 5.72. The number of aliphatic hydroxyl groups excluding tert-OH is 1. The first-order valence-corrected chi connectivity index (χ1v) is 6.96. The van der Waals surface area contributed by atoms with E-state index in [2.05, 4.69) is 5.32 Å². The Morgan fingerprint density at radius 3 is 2.43 bits per heavy atom. The van der Waals surface area contributed by atoms with Crippen LogP contribution in [-0.4, -0.2) is 24.4 Å². The number of benzene rings is 2. The summed E-state index contributed by atoms with van der Waals surface area (Å²) in [5, 5.41) is 13.0. The second-order valence-corrected chi connectivity index (χ2v) is 5.04. The van der Waals surface area contributed by atoms with Crippen LogP contribution < -0.4 is 10.1 Å². The van der Waals surface area contributed by atoms with E-state index in [9.17, 15) is 9.50 Å². The summed E-state index contributed by atoms with van der Waals surface area (Å²) in [6, 6.07) is 14.0. The predicted molar refractivity (Wildman–Crippen MR) is 80.8 cm³/mol. The van der Waals surface area contributed by atoms with Crippen LogP contribution in [-0.2, 0) is 6.54 Å². The molecule has 0 saturated heterocycles. The number of hydrogen-bond acceptors (Lipinski definition) is 3. The van der Waals surface area contributed by atoms with Gasteiger partial charge in [0.2, 0.25) is 0 Å². The first kappa shape index (κ1) is 15.5. The predicted octanol–water partition coefficient (Wildman–Crippen LogP) is 2.66. The Labute approximate surface area is 124 Å². The molecule has 0 fully saturated rings. The average Bonchev–Trinajstić information content (AvgIpc) is 2.49. The van der Waals surface area contributed by atoms with E-state index < -0.39 is 6.10 Å². The summed E-state index contributed by atoms with van der Waals surface area (Å²) in [6.07, 6.45) is -0.591. The monoisotopic (exact) mass is 289 g/mol. The second kappa shape index (κ2) is 7.76. The number of aryl methyl sites for hydroxylation is 1. The van der Waals surface area contributed by atoms with Crippen molar-refractivity contribution >= 4 is 0 Å². The smallest absolute Gasteiger partial charge is 0.123 e. The third-order valence-electron chi connectivity index (χ3n) is 3.09. The zero-order valence-corrected chi connectivity index (χ0v) is 12.1. The van der Waals surface area contributed by atoms with Crippen molar-refractivity contribution in [3.63, 3.8) is 0 Å². The lowest BCUT2D eigenvalue weighted by atomic mass is 10.2. The van der Waals surface area contributed by atoms with E-state index in [1.54, 1.807) is 12.1 Å². The van der Waals surface area contributed by atoms with Gasteiger partial charge in [0.1, 0.15) is 24.3 Å². The van der Waals surface area contributed by atoms with Crippen LogP contribution in [0.25, 0.3) is 0 Å². The molecule has 0 aliphatic rings. The van der Waals surface area contributed by atoms with E-state index in [0.29, 0.717) is 13.1 Å². The van der Waals surface area contributed by atoms with Crippen LogP contribution in [0, 0.1) is 12.7 Å². The fourth-order valence-corrected chi connectivity index (χ4v) is 1.87. The largest absolute Gasteiger partial charge is 0.491 e. The van der Waals surface area contributed by atoms with Gasteiger partial charge in [-0.2, -0.15) is 0 Å². The van der Waals surface area contributed by atoms with Gasteiger partial charge in [-0.3, -0.25) is 0 Å². The Balaban J connectivity index is 1.66. The van der Waals surface area contributed by atoms with Crippen molar-refractivity contribution in [2.75, 3.05) is 13.2 Å². The van der Waals surface area contributed by atoms with Crippen LogP contribution in [0.2, 0.25) is 0 Å². The Morgan fingerprint density at radius 1 is 1.10 bits per heavy atom. The van der Waals surface area contributed by atoms with E-state index in [4.69, 9.17) is 4.74 Å². The first-order valence-electron chi connectivity index (χ1n) is 6.96. The van der Waals surface area contributed by atoms with Crippen molar-refractivity contribution < 1.29 is 14.2 Å². The Hall–Kier alpha value is -1.91. The summed E-state index contributed by atoms with van der Waals surface area (Å²) in [5.41, 5.74) is 2.15. The molecule has 0 aromatic heterocycles. The molecule has 112 valence electrons. The minimum absolute atomic E-state index is 0.236. The zero-order chi connectivity index (χ0) is 15.1. The Morgan fingerprint density at radius 2 is 1.76 bits per heavy atom. The normalized spacial score (nSPS) is 12.1. The van der Waals surface area contributed by atoms with Gasteiger partial charge in [0.05, 0.1) is 0 Å². The molecule has 2 rings (SSSR count). The summed E-state index contributed by atoms with van der Waals surface area (Å²) < 4.78 is 18.2. The molecule has 4 heteroatoms. The molecule has 0 heterocycles. The molecule has 1 atom stereocenters. The quantitative estimate of drug-likeness (QED) is 0.823. The van der Waals surface area contributed by atoms with Gasteiger partial charge in [0.15, 0.2) is 0 Å². The van der Waals surface area contributed by atoms with Crippen molar-refractivity contribution in [3.8, 4) is 5.75 Å². The lowest BCUT2D eigenvalue weighted by Crippen LogP contribution is -2.31. The van der Waals surface area contributed by atoms with E-state index in [-0.39, 0.29) is 12.4 Å². The topological polar surface area (TPSA) is 41.5 Å². The summed E-state index contributed by atoms with van der Waals surface area (Å²) >= 11 is 0. The molecule has 0 aliphatic heterocycles. The first-order chi connectivity index (χ1) is 10.1. The van der Waals surface area contributed by atoms with Crippen LogP contribution >= 0.6 is 0 Å². The zero-order valence-electron chi connectivity index (χ0n) is 12.1. The third kappa shape index (κ3) is 5.53. The van der Waals surface area contributed by atoms with Gasteiger partial charge in [0, 0.05) is 13.1 Å². The maximum Gasteiger partial charge on any atom is 0.123 e. The molecule has 0 radical (unpaired) electrons. The molecule has 2 aromatic rings. The van der Waals surface area contributed by atoms with Crippen LogP contribution in [0.3, 0.4) is 0 Å². The molecular weight excluding hydrogens is 269 g/mol. The summed E-state index contributed by atoms with van der Waals surface area (Å²) in [4.78, 5) is 0. The fourth-order valence-electron chi connectivity index (χ4n) is 1.87. The summed E-state index contributed by atoms with van der Waals surface area (Å²) in [6.45, 7) is 3.25. The SMILES string of the molecule is Cc1ccc(OC[C@@H](O)CNCc2ccc(F)cc2)cc1. The van der Waals surface area contributed by atoms with Crippen molar-refractivity contribution in [2.45, 2.75) is 19.6 Å². The molecule has 0 bridgehead atoms. The summed E-state index contributed by atoms with van der Waals surface area (Å²) in [5.74, 6) is 0.503. The molecule has 2 N–H and O–H groups in total. The van der Waals surface area contributed by atoms with Gasteiger partial charge in [-0.25, -0.2) is 4.39 Å². The van der Waals surface area contributed by atoms with Gasteiger partial charge in [-0.15, -0.1) is 0 Å². The molecule has 0 spiro atoms. The van der Waals surface area contributed by atoms with Crippen molar-refractivity contribution in [1.82, 2.24) is 5.32 Å². The van der Waals surface area contributed by atoms with Gasteiger partial charge in [0.25, 0.3) is 0 Å². The highest BCUT2D eigenvalue weighted by Gasteiger charge is 2.05. The van der Waals surface area contributed by atoms with Crippen molar-refractivity contribution in [3.05, 3.63) is 65.5 Å². The van der Waals surface area contributed by atoms with Crippen molar-refractivity contribution in [1.29, 1.82) is 0 Å². The van der Waals surface area contributed by atoms with Crippen LogP contribution in [0.1, 0.15) is 11.1 Å². The molecule has 0 aliphatic carbocycles. The van der Waals surface area contributed by atoms with E-state index in [1.165, 1.54) is 17.7 Å². The number of aliphatic hydroxyl groups is 1. The van der Waals surface area contributed by atoms with E-state index >= 15 is 0 Å². The average molecular weight is 289 g/mol. The highest BCUT2D eigenvalue weighted by molar-refractivity contribution is 5.26. The van der Waals surface area contributed by atoms with Crippen LogP contribution in [0.15, 0.2) is 48.5 Å². The number of hydrogen-bond donors (Lipinski definition) is 2. The van der Waals surface area contributed by atoms with Gasteiger partial charge >= 0.3 is 0 Å². The number of nitrogens with one attached hydrogen (secondary N) is 1. The molecule has 0 unspecified atom stereocenters. The molecular formula is C17H20FNO2. The van der Waals surface area contributed by atoms with Gasteiger partial charge in [-0.05, 0) is 36.8 Å². The van der Waals surface area contributed by atoms with E-state index in [0.717, 1.165) is 11.3 Å². The maximum absolute atomic E-state index is 12.7. The number of halogens is 1. The highest BCUT2D eigenvalue weighted by Crippen LogP contribution is 2.11. The molecule has 2 aromatic carbocycles. The van der Waals surface area contributed by atoms with Crippen molar-refractivity contribution in [2.24, 2.45) is 0 Å². The molecule has 0 amide bonds.